The molecule has 2 saturated heterocycles. The first-order valence-corrected chi connectivity index (χ1v) is 8.03. The van der Waals surface area contributed by atoms with Gasteiger partial charge in [0.05, 0.1) is 0 Å². The number of hydrogen-bond donors (Lipinski definition) is 1. The standard InChI is InChI=1S/C14H24N2O2S/c17-13-5-1-8-15(13)10-7-12(4-3-11-19)16-9-2-6-14(16)18/h12,19H,1-11H2. The van der Waals surface area contributed by atoms with Crippen molar-refractivity contribution in [1.29, 1.82) is 0 Å². The maximum atomic E-state index is 11.9. The molecule has 5 heteroatoms. The van der Waals surface area contributed by atoms with E-state index in [1.54, 1.807) is 0 Å². The molecule has 0 aromatic heterocycles. The number of likely N-dealkylation sites (tertiary alicyclic amines) is 2. The minimum atomic E-state index is 0.278. The number of nitrogens with zero attached hydrogens (tertiary/aromatic N) is 2. The van der Waals surface area contributed by atoms with Crippen LogP contribution in [0.15, 0.2) is 0 Å². The molecule has 0 bridgehead atoms. The van der Waals surface area contributed by atoms with E-state index in [0.717, 1.165) is 57.5 Å². The highest BCUT2D eigenvalue weighted by molar-refractivity contribution is 7.80. The van der Waals surface area contributed by atoms with Gasteiger partial charge in [-0.3, -0.25) is 9.59 Å². The monoisotopic (exact) mass is 284 g/mol. The van der Waals surface area contributed by atoms with Gasteiger partial charge in [-0.1, -0.05) is 0 Å². The molecule has 0 aromatic carbocycles. The van der Waals surface area contributed by atoms with Gasteiger partial charge in [0.25, 0.3) is 0 Å². The first kappa shape index (κ1) is 14.7. The molecule has 0 aliphatic carbocycles. The van der Waals surface area contributed by atoms with Crippen LogP contribution in [0.2, 0.25) is 0 Å². The molecule has 2 aliphatic heterocycles. The lowest BCUT2D eigenvalue weighted by molar-refractivity contribution is -0.130. The zero-order valence-corrected chi connectivity index (χ0v) is 12.4. The van der Waals surface area contributed by atoms with E-state index >= 15 is 0 Å². The van der Waals surface area contributed by atoms with Crippen LogP contribution >= 0.6 is 12.6 Å². The highest BCUT2D eigenvalue weighted by Crippen LogP contribution is 2.21. The summed E-state index contributed by atoms with van der Waals surface area (Å²) >= 11 is 4.26. The molecule has 4 nitrogen and oxygen atoms in total. The number of rotatable bonds is 7. The van der Waals surface area contributed by atoms with E-state index in [2.05, 4.69) is 12.6 Å². The number of carbonyl (C=O) groups excluding carboxylic acids is 2. The van der Waals surface area contributed by atoms with Crippen molar-refractivity contribution in [2.45, 2.75) is 51.0 Å². The quantitative estimate of drug-likeness (QED) is 0.723. The molecule has 2 amide bonds. The SMILES string of the molecule is O=C1CCCN1CCC(CCCS)N1CCCC1=O. The van der Waals surface area contributed by atoms with E-state index in [4.69, 9.17) is 0 Å². The third kappa shape index (κ3) is 3.88. The van der Waals surface area contributed by atoms with Gasteiger partial charge in [-0.05, 0) is 37.9 Å². The number of hydrogen-bond acceptors (Lipinski definition) is 3. The molecule has 0 N–H and O–H groups in total. The molecular formula is C14H24N2O2S. The van der Waals surface area contributed by atoms with Crippen LogP contribution in [-0.2, 0) is 9.59 Å². The van der Waals surface area contributed by atoms with E-state index in [1.807, 2.05) is 9.80 Å². The molecule has 2 aliphatic rings. The molecule has 0 saturated carbocycles. The molecule has 2 heterocycles. The zero-order chi connectivity index (χ0) is 13.7. The van der Waals surface area contributed by atoms with Crippen LogP contribution in [0.25, 0.3) is 0 Å². The Morgan fingerprint density at radius 2 is 1.79 bits per heavy atom. The highest BCUT2D eigenvalue weighted by Gasteiger charge is 2.28. The lowest BCUT2D eigenvalue weighted by Gasteiger charge is -2.29. The Hall–Kier alpha value is -0.710. The average Bonchev–Trinajstić information content (AvgIpc) is 2.99. The summed E-state index contributed by atoms with van der Waals surface area (Å²) in [5.74, 6) is 1.43. The number of thiol groups is 1. The van der Waals surface area contributed by atoms with Gasteiger partial charge >= 0.3 is 0 Å². The van der Waals surface area contributed by atoms with Gasteiger partial charge in [0.15, 0.2) is 0 Å². The van der Waals surface area contributed by atoms with Crippen molar-refractivity contribution in [3.63, 3.8) is 0 Å². The van der Waals surface area contributed by atoms with Crippen molar-refractivity contribution in [3.8, 4) is 0 Å². The van der Waals surface area contributed by atoms with Gasteiger partial charge in [-0.2, -0.15) is 12.6 Å². The third-order valence-corrected chi connectivity index (χ3v) is 4.47. The fraction of sp³-hybridized carbons (Fsp3) is 0.857. The maximum absolute atomic E-state index is 11.9. The molecule has 1 unspecified atom stereocenters. The first-order valence-electron chi connectivity index (χ1n) is 7.40. The molecule has 0 radical (unpaired) electrons. The van der Waals surface area contributed by atoms with Crippen LogP contribution in [0.4, 0.5) is 0 Å². The Kier molecular flexibility index (Phi) is 5.55. The van der Waals surface area contributed by atoms with Crippen LogP contribution in [0.1, 0.15) is 44.9 Å². The fourth-order valence-electron chi connectivity index (χ4n) is 3.08. The summed E-state index contributed by atoms with van der Waals surface area (Å²) in [7, 11) is 0. The largest absolute Gasteiger partial charge is 0.343 e. The Morgan fingerprint density at radius 1 is 1.05 bits per heavy atom. The Balaban J connectivity index is 1.86. The average molecular weight is 284 g/mol. The normalized spacial score (nSPS) is 21.5. The van der Waals surface area contributed by atoms with Gasteiger partial charge in [0.2, 0.25) is 11.8 Å². The third-order valence-electron chi connectivity index (χ3n) is 4.15. The van der Waals surface area contributed by atoms with Gasteiger partial charge in [-0.15, -0.1) is 0 Å². The molecule has 19 heavy (non-hydrogen) atoms. The second-order valence-corrected chi connectivity index (χ2v) is 5.93. The van der Waals surface area contributed by atoms with Crippen molar-refractivity contribution < 1.29 is 9.59 Å². The smallest absolute Gasteiger partial charge is 0.222 e. The first-order chi connectivity index (χ1) is 9.22. The predicted octanol–water partition coefficient (Wildman–Crippen LogP) is 1.70. The number of carbonyl (C=O) groups is 2. The van der Waals surface area contributed by atoms with Crippen LogP contribution < -0.4 is 0 Å². The predicted molar refractivity (Wildman–Crippen MR) is 78.3 cm³/mol. The zero-order valence-electron chi connectivity index (χ0n) is 11.5. The molecule has 108 valence electrons. The lowest BCUT2D eigenvalue weighted by Crippen LogP contribution is -2.39. The summed E-state index contributed by atoms with van der Waals surface area (Å²) in [5, 5.41) is 0. The van der Waals surface area contributed by atoms with E-state index in [9.17, 15) is 9.59 Å². The minimum absolute atomic E-state index is 0.278. The Morgan fingerprint density at radius 3 is 2.37 bits per heavy atom. The van der Waals surface area contributed by atoms with Crippen molar-refractivity contribution in [1.82, 2.24) is 9.80 Å². The van der Waals surface area contributed by atoms with Crippen molar-refractivity contribution in [2.75, 3.05) is 25.4 Å². The van der Waals surface area contributed by atoms with Gasteiger partial charge in [0, 0.05) is 38.5 Å². The van der Waals surface area contributed by atoms with E-state index in [1.165, 1.54) is 0 Å². The van der Waals surface area contributed by atoms with Crippen molar-refractivity contribution in [2.24, 2.45) is 0 Å². The van der Waals surface area contributed by atoms with E-state index in [-0.39, 0.29) is 11.8 Å². The molecule has 1 atom stereocenters. The minimum Gasteiger partial charge on any atom is -0.343 e. The summed E-state index contributed by atoms with van der Waals surface area (Å²) in [5.41, 5.74) is 0. The summed E-state index contributed by atoms with van der Waals surface area (Å²) in [6.07, 6.45) is 6.33. The van der Waals surface area contributed by atoms with Crippen LogP contribution in [0, 0.1) is 0 Å². The van der Waals surface area contributed by atoms with E-state index in [0.29, 0.717) is 18.9 Å². The molecule has 2 rings (SSSR count). The summed E-state index contributed by atoms with van der Waals surface area (Å²) < 4.78 is 0. The molecule has 0 aromatic rings. The highest BCUT2D eigenvalue weighted by atomic mass is 32.1. The van der Waals surface area contributed by atoms with Gasteiger partial charge in [-0.25, -0.2) is 0 Å². The lowest BCUT2D eigenvalue weighted by atomic mass is 10.1. The second kappa shape index (κ2) is 7.17. The summed E-state index contributed by atoms with van der Waals surface area (Å²) in [6.45, 7) is 2.59. The topological polar surface area (TPSA) is 40.6 Å². The molecule has 0 spiro atoms. The molecular weight excluding hydrogens is 260 g/mol. The van der Waals surface area contributed by atoms with Gasteiger partial charge < -0.3 is 9.80 Å². The van der Waals surface area contributed by atoms with Crippen LogP contribution in [-0.4, -0.2) is 53.0 Å². The van der Waals surface area contributed by atoms with Gasteiger partial charge in [0.1, 0.15) is 0 Å². The molecule has 2 fully saturated rings. The van der Waals surface area contributed by atoms with Crippen molar-refractivity contribution >= 4 is 24.4 Å². The fourth-order valence-corrected chi connectivity index (χ4v) is 3.27. The Bertz CT molecular complexity index is 335. The second-order valence-electron chi connectivity index (χ2n) is 5.48. The van der Waals surface area contributed by atoms with E-state index < -0.39 is 0 Å². The maximum Gasteiger partial charge on any atom is 0.222 e. The Labute approximate surface area is 120 Å². The summed E-state index contributed by atoms with van der Waals surface area (Å²) in [6, 6.07) is 0.301. The van der Waals surface area contributed by atoms with Crippen LogP contribution in [0.3, 0.4) is 0 Å². The van der Waals surface area contributed by atoms with Crippen LogP contribution in [0.5, 0.6) is 0 Å². The summed E-state index contributed by atoms with van der Waals surface area (Å²) in [4.78, 5) is 27.5. The van der Waals surface area contributed by atoms with Crippen molar-refractivity contribution in [3.05, 3.63) is 0 Å². The number of amides is 2.